The van der Waals surface area contributed by atoms with Gasteiger partial charge in [-0.25, -0.2) is 4.98 Å². The number of Topliss-reactive ketones (excluding diaryl/α,β-unsaturated/α-hetero) is 2. The number of allylic oxidation sites excluding steroid dienone is 1. The lowest BCUT2D eigenvalue weighted by molar-refractivity contribution is -0.120. The Bertz CT molecular complexity index is 1030. The molecule has 0 unspecified atom stereocenters. The normalized spacial score (nSPS) is 23.5. The molecule has 4 rings (SSSR count). The van der Waals surface area contributed by atoms with Crippen molar-refractivity contribution in [3.05, 3.63) is 47.3 Å². The number of nitrogens with zero attached hydrogens (tertiary/aromatic N) is 2. The van der Waals surface area contributed by atoms with Crippen LogP contribution in [0, 0.1) is 0 Å². The zero-order chi connectivity index (χ0) is 21.3. The van der Waals surface area contributed by atoms with Crippen molar-refractivity contribution >= 4 is 28.7 Å². The minimum Gasteiger partial charge on any atom is -0.436 e. The van der Waals surface area contributed by atoms with Gasteiger partial charge in [-0.1, -0.05) is 13.3 Å². The lowest BCUT2D eigenvalue weighted by Gasteiger charge is -2.36. The number of hydrogen-bond acceptors (Lipinski definition) is 6. The molecule has 4 heterocycles. The number of carbonyl (C=O) groups is 2. The number of H-pyrrole nitrogens is 1. The van der Waals surface area contributed by atoms with E-state index in [9.17, 15) is 9.59 Å². The average Bonchev–Trinajstić information content (AvgIpc) is 3.27. The van der Waals surface area contributed by atoms with E-state index in [2.05, 4.69) is 9.97 Å². The fourth-order valence-electron chi connectivity index (χ4n) is 4.03. The van der Waals surface area contributed by atoms with Gasteiger partial charge in [-0.05, 0) is 38.5 Å². The maximum atomic E-state index is 13.2. The molecule has 1 N–H and O–H groups in total. The second-order valence-corrected chi connectivity index (χ2v) is 7.95. The summed E-state index contributed by atoms with van der Waals surface area (Å²) < 4.78 is 11.9. The van der Waals surface area contributed by atoms with E-state index >= 15 is 0 Å². The van der Waals surface area contributed by atoms with Crippen LogP contribution in [0.5, 0.6) is 0 Å². The Labute approximate surface area is 175 Å². The first-order valence-corrected chi connectivity index (χ1v) is 10.5. The van der Waals surface area contributed by atoms with E-state index in [1.807, 2.05) is 37.8 Å². The monoisotopic (exact) mass is 409 g/mol. The second-order valence-electron chi connectivity index (χ2n) is 7.95. The molecule has 0 amide bonds. The number of morpholine rings is 1. The van der Waals surface area contributed by atoms with Crippen molar-refractivity contribution in [3.63, 3.8) is 0 Å². The first-order chi connectivity index (χ1) is 14.5. The number of pyridine rings is 1. The van der Waals surface area contributed by atoms with Gasteiger partial charge in [0, 0.05) is 42.9 Å². The van der Waals surface area contributed by atoms with Crippen LogP contribution in [0.25, 0.3) is 17.1 Å². The van der Waals surface area contributed by atoms with E-state index in [0.29, 0.717) is 25.4 Å². The van der Waals surface area contributed by atoms with Gasteiger partial charge in [0.2, 0.25) is 11.7 Å². The zero-order valence-electron chi connectivity index (χ0n) is 17.6. The van der Waals surface area contributed by atoms with Crippen LogP contribution in [-0.4, -0.2) is 51.7 Å². The summed E-state index contributed by atoms with van der Waals surface area (Å²) in [4.78, 5) is 35.5. The number of aromatic nitrogens is 2. The molecule has 158 valence electrons. The van der Waals surface area contributed by atoms with Crippen molar-refractivity contribution in [2.45, 2.75) is 52.2 Å². The van der Waals surface area contributed by atoms with E-state index < -0.39 is 0 Å². The number of hydrogen-bond donors (Lipinski definition) is 1. The van der Waals surface area contributed by atoms with Crippen LogP contribution in [0.3, 0.4) is 0 Å². The Morgan fingerprint density at radius 3 is 2.83 bits per heavy atom. The fraction of sp³-hybridized carbons (Fsp3) is 0.435. The summed E-state index contributed by atoms with van der Waals surface area (Å²) in [6, 6.07) is 3.77. The molecule has 2 atom stereocenters. The van der Waals surface area contributed by atoms with E-state index in [4.69, 9.17) is 9.47 Å². The molecule has 7 nitrogen and oxygen atoms in total. The topological polar surface area (TPSA) is 84.5 Å². The molecule has 2 aromatic rings. The Kier molecular flexibility index (Phi) is 5.72. The summed E-state index contributed by atoms with van der Waals surface area (Å²) in [7, 11) is 0. The lowest BCUT2D eigenvalue weighted by Crippen LogP contribution is -2.45. The van der Waals surface area contributed by atoms with Crippen LogP contribution < -0.4 is 0 Å². The zero-order valence-corrected chi connectivity index (χ0v) is 17.6. The number of ketones is 2. The van der Waals surface area contributed by atoms with Crippen LogP contribution in [0.1, 0.15) is 45.6 Å². The molecule has 0 aliphatic carbocycles. The number of unbranched alkanes of at least 4 members (excludes halogenated alkanes) is 1. The summed E-state index contributed by atoms with van der Waals surface area (Å²) in [5, 5.41) is 0.891. The van der Waals surface area contributed by atoms with Gasteiger partial charge in [0.1, 0.15) is 11.2 Å². The van der Waals surface area contributed by atoms with Gasteiger partial charge in [0.25, 0.3) is 0 Å². The third-order valence-electron chi connectivity index (χ3n) is 5.38. The number of carbonyl (C=O) groups excluding carboxylic acids is 2. The molecule has 2 aromatic heterocycles. The van der Waals surface area contributed by atoms with Crippen LogP contribution in [-0.2, 0) is 19.1 Å². The molecule has 0 bridgehead atoms. The molecule has 1 fully saturated rings. The van der Waals surface area contributed by atoms with E-state index in [1.54, 1.807) is 18.5 Å². The molecule has 2 aliphatic rings. The molecule has 1 saturated heterocycles. The molecule has 7 heteroatoms. The largest absolute Gasteiger partial charge is 0.436 e. The number of ether oxygens (including phenoxy) is 2. The maximum absolute atomic E-state index is 13.2. The van der Waals surface area contributed by atoms with E-state index in [-0.39, 0.29) is 35.1 Å². The number of rotatable bonds is 6. The fourth-order valence-corrected chi connectivity index (χ4v) is 4.03. The summed E-state index contributed by atoms with van der Waals surface area (Å²) in [6.45, 7) is 7.13. The summed E-state index contributed by atoms with van der Waals surface area (Å²) in [5.74, 6) is 0.0255. The van der Waals surface area contributed by atoms with Gasteiger partial charge in [-0.2, -0.15) is 0 Å². The van der Waals surface area contributed by atoms with Crippen molar-refractivity contribution in [2.75, 3.05) is 13.1 Å². The van der Waals surface area contributed by atoms with Crippen molar-refractivity contribution in [1.82, 2.24) is 14.9 Å². The lowest BCUT2D eigenvalue weighted by atomic mass is 10.0. The summed E-state index contributed by atoms with van der Waals surface area (Å²) >= 11 is 0. The standard InChI is InChI=1S/C23H27N3O4/c1-4-5-8-18(27)20-21(28)19(10-16-11-25-22-17(16)7-6-9-24-22)30-23(20)26-12-14(2)29-15(3)13-26/h6-7,9-11,14-15H,4-5,8,12-13H2,1-3H3,(H,24,25)/b19-10-/t14-,15+. The molecule has 0 spiro atoms. The van der Waals surface area contributed by atoms with Gasteiger partial charge >= 0.3 is 0 Å². The quantitative estimate of drug-likeness (QED) is 0.580. The van der Waals surface area contributed by atoms with Gasteiger partial charge in [0.05, 0.1) is 12.2 Å². The van der Waals surface area contributed by atoms with Crippen molar-refractivity contribution < 1.29 is 19.1 Å². The Hall–Kier alpha value is -2.93. The maximum Gasteiger partial charge on any atom is 0.237 e. The van der Waals surface area contributed by atoms with Crippen molar-refractivity contribution in [2.24, 2.45) is 0 Å². The predicted octanol–water partition coefficient (Wildman–Crippen LogP) is 3.58. The van der Waals surface area contributed by atoms with Crippen LogP contribution in [0.15, 0.2) is 41.7 Å². The Morgan fingerprint density at radius 2 is 2.10 bits per heavy atom. The SMILES string of the molecule is CCCCC(=O)C1=C(N2C[C@@H](C)O[C@@H](C)C2)O/C(=C\c2c[nH]c3ncccc23)C1=O. The Balaban J connectivity index is 1.70. The highest BCUT2D eigenvalue weighted by molar-refractivity contribution is 6.28. The van der Waals surface area contributed by atoms with Crippen molar-refractivity contribution in [1.29, 1.82) is 0 Å². The number of aromatic amines is 1. The second kappa shape index (κ2) is 8.44. The third-order valence-corrected chi connectivity index (χ3v) is 5.38. The van der Waals surface area contributed by atoms with Gasteiger partial charge in [-0.15, -0.1) is 0 Å². The predicted molar refractivity (Wildman–Crippen MR) is 113 cm³/mol. The first kappa shape index (κ1) is 20.3. The molecular formula is C23H27N3O4. The molecule has 0 radical (unpaired) electrons. The van der Waals surface area contributed by atoms with E-state index in [1.165, 1.54) is 0 Å². The van der Waals surface area contributed by atoms with Crippen LogP contribution >= 0.6 is 0 Å². The first-order valence-electron chi connectivity index (χ1n) is 10.5. The molecule has 0 aromatic carbocycles. The third kappa shape index (κ3) is 3.89. The molecular weight excluding hydrogens is 382 g/mol. The minimum absolute atomic E-state index is 0.0142. The highest BCUT2D eigenvalue weighted by Gasteiger charge is 2.39. The number of fused-ring (bicyclic) bond motifs is 1. The van der Waals surface area contributed by atoms with Gasteiger partial charge < -0.3 is 19.4 Å². The molecule has 30 heavy (non-hydrogen) atoms. The van der Waals surface area contributed by atoms with E-state index in [0.717, 1.165) is 29.4 Å². The van der Waals surface area contributed by atoms with Crippen LogP contribution in [0.4, 0.5) is 0 Å². The molecule has 2 aliphatic heterocycles. The number of nitrogens with one attached hydrogen (secondary N) is 1. The highest BCUT2D eigenvalue weighted by Crippen LogP contribution is 2.33. The van der Waals surface area contributed by atoms with Gasteiger partial charge in [0.15, 0.2) is 11.5 Å². The van der Waals surface area contributed by atoms with Crippen molar-refractivity contribution in [3.8, 4) is 0 Å². The van der Waals surface area contributed by atoms with Gasteiger partial charge in [-0.3, -0.25) is 9.59 Å². The average molecular weight is 409 g/mol. The smallest absolute Gasteiger partial charge is 0.237 e. The highest BCUT2D eigenvalue weighted by atomic mass is 16.5. The summed E-state index contributed by atoms with van der Waals surface area (Å²) in [5.41, 5.74) is 1.69. The Morgan fingerprint density at radius 1 is 1.33 bits per heavy atom. The molecule has 0 saturated carbocycles. The van der Waals surface area contributed by atoms with Crippen LogP contribution in [0.2, 0.25) is 0 Å². The summed E-state index contributed by atoms with van der Waals surface area (Å²) in [6.07, 6.45) is 7.13. The minimum atomic E-state index is -0.351.